The first-order chi connectivity index (χ1) is 12.2. The molecule has 1 aliphatic rings. The lowest BCUT2D eigenvalue weighted by Crippen LogP contribution is -2.33. The molecule has 26 heavy (non-hydrogen) atoms. The van der Waals surface area contributed by atoms with Gasteiger partial charge >= 0.3 is 0 Å². The molecule has 2 aromatic carbocycles. The van der Waals surface area contributed by atoms with Crippen molar-refractivity contribution in [2.75, 3.05) is 13.7 Å². The molecule has 0 saturated heterocycles. The van der Waals surface area contributed by atoms with Gasteiger partial charge in [-0.25, -0.2) is 8.42 Å². The number of benzene rings is 2. The van der Waals surface area contributed by atoms with Crippen LogP contribution in [0.15, 0.2) is 53.4 Å². The van der Waals surface area contributed by atoms with Gasteiger partial charge < -0.3 is 10.5 Å². The molecule has 1 aliphatic carbocycles. The minimum absolute atomic E-state index is 0.177. The van der Waals surface area contributed by atoms with Crippen LogP contribution in [0.1, 0.15) is 22.6 Å². The molecule has 0 aliphatic heterocycles. The summed E-state index contributed by atoms with van der Waals surface area (Å²) in [5.41, 5.74) is 8.20. The fourth-order valence-corrected chi connectivity index (χ4v) is 6.53. The number of hydrogen-bond donors (Lipinski definition) is 1. The zero-order valence-electron chi connectivity index (χ0n) is 15.1. The first-order valence-electron chi connectivity index (χ1n) is 8.41. The maximum atomic E-state index is 13.4. The van der Waals surface area contributed by atoms with E-state index in [4.69, 9.17) is 22.7 Å². The number of sulfone groups is 1. The van der Waals surface area contributed by atoms with Gasteiger partial charge in [0.05, 0.1) is 27.2 Å². The van der Waals surface area contributed by atoms with Crippen LogP contribution in [0.5, 0.6) is 0 Å². The van der Waals surface area contributed by atoms with E-state index in [0.29, 0.717) is 4.90 Å². The van der Waals surface area contributed by atoms with E-state index in [-0.39, 0.29) is 17.5 Å². The number of aryl methyl sites for hydroxylation is 2. The summed E-state index contributed by atoms with van der Waals surface area (Å²) in [4.78, 5) is 0.477. The Morgan fingerprint density at radius 3 is 2.04 bits per heavy atom. The number of rotatable bonds is 6. The monoisotopic (exact) mass is 389 g/mol. The molecule has 2 N–H and O–H groups in total. The predicted molar refractivity (Wildman–Crippen MR) is 107 cm³/mol. The van der Waals surface area contributed by atoms with E-state index in [1.807, 2.05) is 38.1 Å². The van der Waals surface area contributed by atoms with E-state index < -0.39 is 20.5 Å². The summed E-state index contributed by atoms with van der Waals surface area (Å²) in [6.45, 7) is 4.09. The average molecular weight is 390 g/mol. The van der Waals surface area contributed by atoms with E-state index >= 15 is 0 Å². The van der Waals surface area contributed by atoms with Gasteiger partial charge in [0.25, 0.3) is 0 Å². The van der Waals surface area contributed by atoms with Gasteiger partial charge in [-0.1, -0.05) is 59.7 Å². The maximum absolute atomic E-state index is 13.4. The van der Waals surface area contributed by atoms with Gasteiger partial charge in [-0.15, -0.1) is 0 Å². The Bertz CT molecular complexity index is 921. The van der Waals surface area contributed by atoms with Crippen molar-refractivity contribution < 1.29 is 13.2 Å². The topological polar surface area (TPSA) is 69.4 Å². The first-order valence-corrected chi connectivity index (χ1v) is 10.4. The van der Waals surface area contributed by atoms with E-state index in [2.05, 4.69) is 0 Å². The van der Waals surface area contributed by atoms with Crippen molar-refractivity contribution in [2.45, 2.75) is 29.9 Å². The molecule has 3 atom stereocenters. The molecular formula is C20H23NO3S2. The normalized spacial score (nSPS) is 25.0. The standard InChI is InChI=1S/C20H23NO3S2/c1-13-4-8-15(9-5-13)17-18(20(17,12-24-3)19(21)25)26(22,23)16-10-6-14(2)7-11-16/h4-11,17-18H,12H2,1-3H3,(H2,21,25)/t17-,18+,20+/m1/s1. The van der Waals surface area contributed by atoms with Crippen LogP contribution < -0.4 is 5.73 Å². The zero-order valence-corrected chi connectivity index (χ0v) is 16.7. The van der Waals surface area contributed by atoms with Crippen molar-refractivity contribution in [1.82, 2.24) is 0 Å². The second kappa shape index (κ2) is 6.76. The molecule has 4 nitrogen and oxygen atoms in total. The van der Waals surface area contributed by atoms with Crippen LogP contribution in [0.4, 0.5) is 0 Å². The predicted octanol–water partition coefficient (Wildman–Crippen LogP) is 3.16. The lowest BCUT2D eigenvalue weighted by atomic mass is 9.99. The lowest BCUT2D eigenvalue weighted by molar-refractivity contribution is 0.166. The van der Waals surface area contributed by atoms with E-state index in [0.717, 1.165) is 16.7 Å². The van der Waals surface area contributed by atoms with Gasteiger partial charge in [0.1, 0.15) is 0 Å². The summed E-state index contributed by atoms with van der Waals surface area (Å²) in [6.07, 6.45) is 0. The molecule has 0 aromatic heterocycles. The molecule has 2 aromatic rings. The number of thiocarbonyl (C=S) groups is 1. The minimum Gasteiger partial charge on any atom is -0.393 e. The lowest BCUT2D eigenvalue weighted by Gasteiger charge is -2.16. The second-order valence-electron chi connectivity index (χ2n) is 7.00. The maximum Gasteiger partial charge on any atom is 0.182 e. The molecule has 3 rings (SSSR count). The van der Waals surface area contributed by atoms with Crippen LogP contribution in [0.2, 0.25) is 0 Å². The Morgan fingerprint density at radius 2 is 1.58 bits per heavy atom. The van der Waals surface area contributed by atoms with Crippen LogP contribution in [0.3, 0.4) is 0 Å². The molecule has 138 valence electrons. The third kappa shape index (κ3) is 2.96. The Kier molecular flexibility index (Phi) is 4.94. The van der Waals surface area contributed by atoms with Crippen LogP contribution >= 0.6 is 12.2 Å². The van der Waals surface area contributed by atoms with Crippen molar-refractivity contribution in [1.29, 1.82) is 0 Å². The van der Waals surface area contributed by atoms with Crippen molar-refractivity contribution >= 4 is 27.0 Å². The smallest absolute Gasteiger partial charge is 0.182 e. The Labute approximate surface area is 160 Å². The molecule has 0 radical (unpaired) electrons. The number of methoxy groups -OCH3 is 1. The summed E-state index contributed by atoms with van der Waals surface area (Å²) in [6, 6.07) is 14.7. The summed E-state index contributed by atoms with van der Waals surface area (Å²) in [5, 5.41) is -0.724. The highest BCUT2D eigenvalue weighted by molar-refractivity contribution is 7.92. The van der Waals surface area contributed by atoms with E-state index in [1.165, 1.54) is 0 Å². The second-order valence-corrected chi connectivity index (χ2v) is 9.51. The minimum atomic E-state index is -3.61. The summed E-state index contributed by atoms with van der Waals surface area (Å²) in [7, 11) is -2.07. The van der Waals surface area contributed by atoms with Gasteiger partial charge in [-0.2, -0.15) is 0 Å². The highest BCUT2D eigenvalue weighted by Gasteiger charge is 2.73. The van der Waals surface area contributed by atoms with E-state index in [1.54, 1.807) is 31.4 Å². The molecule has 0 heterocycles. The molecule has 1 fully saturated rings. The number of nitrogens with two attached hydrogens (primary N) is 1. The summed E-state index contributed by atoms with van der Waals surface area (Å²) < 4.78 is 32.1. The SMILES string of the molecule is COC[C@]1(C(N)=S)[C@H](c2ccc(C)cc2)[C@@H]1S(=O)(=O)c1ccc(C)cc1. The zero-order chi connectivity index (χ0) is 19.1. The Morgan fingerprint density at radius 1 is 1.08 bits per heavy atom. The molecular weight excluding hydrogens is 366 g/mol. The van der Waals surface area contributed by atoms with Crippen LogP contribution in [0.25, 0.3) is 0 Å². The van der Waals surface area contributed by atoms with Gasteiger partial charge in [0.2, 0.25) is 0 Å². The molecule has 0 amide bonds. The molecule has 6 heteroatoms. The summed E-state index contributed by atoms with van der Waals surface area (Å²) >= 11 is 5.31. The Hall–Kier alpha value is -1.76. The van der Waals surface area contributed by atoms with Crippen molar-refractivity contribution in [3.63, 3.8) is 0 Å². The number of hydrogen-bond acceptors (Lipinski definition) is 4. The quantitative estimate of drug-likeness (QED) is 0.769. The third-order valence-electron chi connectivity index (χ3n) is 5.22. The van der Waals surface area contributed by atoms with E-state index in [9.17, 15) is 8.42 Å². The molecule has 1 saturated carbocycles. The van der Waals surface area contributed by atoms with Crippen LogP contribution in [0, 0.1) is 19.3 Å². The van der Waals surface area contributed by atoms with Gasteiger partial charge in [0, 0.05) is 13.0 Å². The van der Waals surface area contributed by atoms with Crippen molar-refractivity contribution in [3.05, 3.63) is 65.2 Å². The highest BCUT2D eigenvalue weighted by atomic mass is 32.2. The first kappa shape index (κ1) is 19.0. The molecule has 0 bridgehead atoms. The van der Waals surface area contributed by atoms with Gasteiger partial charge in [-0.3, -0.25) is 0 Å². The van der Waals surface area contributed by atoms with Crippen molar-refractivity contribution in [2.24, 2.45) is 11.1 Å². The highest BCUT2D eigenvalue weighted by Crippen LogP contribution is 2.64. The molecule has 0 spiro atoms. The van der Waals surface area contributed by atoms with Crippen molar-refractivity contribution in [3.8, 4) is 0 Å². The van der Waals surface area contributed by atoms with Gasteiger partial charge in [0.15, 0.2) is 9.84 Å². The third-order valence-corrected chi connectivity index (χ3v) is 7.89. The van der Waals surface area contributed by atoms with Gasteiger partial charge in [-0.05, 0) is 31.5 Å². The average Bonchev–Trinajstić information content (AvgIpc) is 3.27. The van der Waals surface area contributed by atoms with Crippen LogP contribution in [-0.2, 0) is 14.6 Å². The summed E-state index contributed by atoms with van der Waals surface area (Å²) in [5.74, 6) is -0.313. The Balaban J connectivity index is 2.11. The fraction of sp³-hybridized carbons (Fsp3) is 0.350. The fourth-order valence-electron chi connectivity index (χ4n) is 3.76. The number of ether oxygens (including phenoxy) is 1. The van der Waals surface area contributed by atoms with Crippen LogP contribution in [-0.4, -0.2) is 32.4 Å². The molecule has 0 unspecified atom stereocenters. The largest absolute Gasteiger partial charge is 0.393 e.